The molecule has 0 aliphatic heterocycles. The summed E-state index contributed by atoms with van der Waals surface area (Å²) in [6.45, 7) is 0. The Kier molecular flexibility index (Phi) is 3.31. The number of thiophene rings is 1. The van der Waals surface area contributed by atoms with Gasteiger partial charge in [0.25, 0.3) is 0 Å². The highest BCUT2D eigenvalue weighted by molar-refractivity contribution is 7.94. The first kappa shape index (κ1) is 11.6. The van der Waals surface area contributed by atoms with Gasteiger partial charge in [-0.05, 0) is 25.0 Å². The third kappa shape index (κ3) is 2.13. The van der Waals surface area contributed by atoms with Crippen LogP contribution in [0.4, 0.5) is 0 Å². The highest BCUT2D eigenvalue weighted by Crippen LogP contribution is 2.31. The maximum Gasteiger partial charge on any atom is 0.190 e. The highest BCUT2D eigenvalue weighted by atomic mass is 32.2. The Morgan fingerprint density at radius 1 is 1.25 bits per heavy atom. The average Bonchev–Trinajstić information content (AvgIpc) is 2.79. The van der Waals surface area contributed by atoms with Crippen LogP contribution in [0.25, 0.3) is 0 Å². The molecule has 0 N–H and O–H groups in total. The second-order valence-corrected chi connectivity index (χ2v) is 7.57. The number of nitrogens with zero attached hydrogens (tertiary/aromatic N) is 1. The molecule has 5 heteroatoms. The van der Waals surface area contributed by atoms with Crippen molar-refractivity contribution in [1.29, 1.82) is 5.26 Å². The second-order valence-electron chi connectivity index (χ2n) is 4.04. The van der Waals surface area contributed by atoms with Gasteiger partial charge in [-0.3, -0.25) is 0 Å². The summed E-state index contributed by atoms with van der Waals surface area (Å²) in [4.78, 5) is 0.467. The molecule has 1 aliphatic rings. The van der Waals surface area contributed by atoms with Crippen LogP contribution in [0, 0.1) is 11.3 Å². The monoisotopic (exact) mass is 255 g/mol. The molecule has 1 fully saturated rings. The number of hydrogen-bond acceptors (Lipinski definition) is 4. The van der Waals surface area contributed by atoms with E-state index in [1.807, 2.05) is 6.07 Å². The van der Waals surface area contributed by atoms with Crippen LogP contribution in [-0.4, -0.2) is 13.7 Å². The van der Waals surface area contributed by atoms with E-state index in [2.05, 4.69) is 0 Å². The molecule has 0 aromatic carbocycles. The molecule has 0 radical (unpaired) electrons. The van der Waals surface area contributed by atoms with Gasteiger partial charge in [-0.1, -0.05) is 19.3 Å². The Hall–Kier alpha value is -0.860. The van der Waals surface area contributed by atoms with Crippen LogP contribution in [0.15, 0.2) is 16.3 Å². The first-order valence-electron chi connectivity index (χ1n) is 5.38. The number of hydrogen-bond donors (Lipinski definition) is 0. The quantitative estimate of drug-likeness (QED) is 0.816. The van der Waals surface area contributed by atoms with Gasteiger partial charge in [-0.2, -0.15) is 5.26 Å². The Morgan fingerprint density at radius 2 is 1.94 bits per heavy atom. The topological polar surface area (TPSA) is 57.9 Å². The maximum absolute atomic E-state index is 12.2. The molecule has 0 saturated heterocycles. The fraction of sp³-hybridized carbons (Fsp3) is 0.545. The third-order valence-corrected chi connectivity index (χ3v) is 6.74. The van der Waals surface area contributed by atoms with E-state index in [1.165, 1.54) is 0 Å². The molecule has 3 nitrogen and oxygen atoms in total. The summed E-state index contributed by atoms with van der Waals surface area (Å²) in [6.07, 6.45) is 4.67. The summed E-state index contributed by atoms with van der Waals surface area (Å²) >= 11 is 1.08. The van der Waals surface area contributed by atoms with Gasteiger partial charge in [0.15, 0.2) is 9.84 Å². The van der Waals surface area contributed by atoms with Crippen molar-refractivity contribution in [3.63, 3.8) is 0 Å². The maximum atomic E-state index is 12.2. The predicted octanol–water partition coefficient (Wildman–Crippen LogP) is 2.73. The molecule has 16 heavy (non-hydrogen) atoms. The molecule has 2 rings (SSSR count). The van der Waals surface area contributed by atoms with Crippen LogP contribution in [0.1, 0.15) is 37.0 Å². The van der Waals surface area contributed by atoms with E-state index in [0.717, 1.165) is 43.4 Å². The third-order valence-electron chi connectivity index (χ3n) is 2.96. The van der Waals surface area contributed by atoms with Crippen molar-refractivity contribution >= 4 is 21.2 Å². The SMILES string of the molecule is N#Cc1ccc(S(=O)(=O)C2CCCCC2)s1. The number of nitriles is 1. The molecule has 0 amide bonds. The van der Waals surface area contributed by atoms with Crippen molar-refractivity contribution in [2.45, 2.75) is 41.6 Å². The molecule has 0 bridgehead atoms. The number of sulfone groups is 1. The molecule has 86 valence electrons. The van der Waals surface area contributed by atoms with Gasteiger partial charge in [-0.15, -0.1) is 11.3 Å². The minimum Gasteiger partial charge on any atom is -0.223 e. The van der Waals surface area contributed by atoms with Crippen LogP contribution in [0.2, 0.25) is 0 Å². The molecule has 1 aliphatic carbocycles. The molecule has 1 aromatic rings. The molecule has 0 atom stereocenters. The van der Waals surface area contributed by atoms with Crippen molar-refractivity contribution in [1.82, 2.24) is 0 Å². The lowest BCUT2D eigenvalue weighted by molar-refractivity contribution is 0.484. The molecular formula is C11H13NO2S2. The van der Waals surface area contributed by atoms with E-state index in [4.69, 9.17) is 5.26 Å². The van der Waals surface area contributed by atoms with Crippen LogP contribution in [-0.2, 0) is 9.84 Å². The van der Waals surface area contributed by atoms with E-state index in [-0.39, 0.29) is 5.25 Å². The molecular weight excluding hydrogens is 242 g/mol. The summed E-state index contributed by atoms with van der Waals surface area (Å²) in [5.41, 5.74) is 0. The second kappa shape index (κ2) is 4.56. The summed E-state index contributed by atoms with van der Waals surface area (Å²) in [7, 11) is -3.18. The first-order valence-corrected chi connectivity index (χ1v) is 7.75. The van der Waals surface area contributed by atoms with Crippen LogP contribution < -0.4 is 0 Å². The van der Waals surface area contributed by atoms with E-state index in [1.54, 1.807) is 12.1 Å². The van der Waals surface area contributed by atoms with Gasteiger partial charge in [0.1, 0.15) is 15.2 Å². The average molecular weight is 255 g/mol. The molecule has 1 heterocycles. The fourth-order valence-electron chi connectivity index (χ4n) is 2.07. The smallest absolute Gasteiger partial charge is 0.190 e. The van der Waals surface area contributed by atoms with Crippen molar-refractivity contribution < 1.29 is 8.42 Å². The Balaban J connectivity index is 2.27. The van der Waals surface area contributed by atoms with Crippen molar-refractivity contribution in [3.05, 3.63) is 17.0 Å². The zero-order chi connectivity index (χ0) is 11.6. The Morgan fingerprint density at radius 3 is 2.50 bits per heavy atom. The van der Waals surface area contributed by atoms with E-state index in [9.17, 15) is 8.42 Å². The van der Waals surface area contributed by atoms with E-state index >= 15 is 0 Å². The minimum absolute atomic E-state index is 0.230. The minimum atomic E-state index is -3.18. The summed E-state index contributed by atoms with van der Waals surface area (Å²) in [5, 5.41) is 8.46. The molecule has 1 aromatic heterocycles. The lowest BCUT2D eigenvalue weighted by Gasteiger charge is -2.20. The predicted molar refractivity (Wildman–Crippen MR) is 63.1 cm³/mol. The fourth-order valence-corrected chi connectivity index (χ4v) is 5.29. The summed E-state index contributed by atoms with van der Waals surface area (Å²) < 4.78 is 24.8. The van der Waals surface area contributed by atoms with Crippen molar-refractivity contribution in [2.24, 2.45) is 0 Å². The zero-order valence-electron chi connectivity index (χ0n) is 8.85. The van der Waals surface area contributed by atoms with Gasteiger partial charge < -0.3 is 0 Å². The van der Waals surface area contributed by atoms with Gasteiger partial charge >= 0.3 is 0 Å². The normalized spacial score (nSPS) is 18.2. The van der Waals surface area contributed by atoms with Crippen LogP contribution in [0.5, 0.6) is 0 Å². The Bertz CT molecular complexity index is 504. The molecule has 1 saturated carbocycles. The van der Waals surface area contributed by atoms with Crippen LogP contribution in [0.3, 0.4) is 0 Å². The lowest BCUT2D eigenvalue weighted by atomic mass is 10.0. The van der Waals surface area contributed by atoms with Gasteiger partial charge in [0, 0.05) is 0 Å². The highest BCUT2D eigenvalue weighted by Gasteiger charge is 2.29. The summed E-state index contributed by atoms with van der Waals surface area (Å²) in [6, 6.07) is 5.12. The molecule has 0 spiro atoms. The Labute approximate surface area is 99.6 Å². The number of rotatable bonds is 2. The van der Waals surface area contributed by atoms with Crippen molar-refractivity contribution in [3.8, 4) is 6.07 Å². The first-order chi connectivity index (χ1) is 7.64. The van der Waals surface area contributed by atoms with Crippen molar-refractivity contribution in [2.75, 3.05) is 0 Å². The lowest BCUT2D eigenvalue weighted by Crippen LogP contribution is -2.23. The van der Waals surface area contributed by atoms with Gasteiger partial charge in [-0.25, -0.2) is 8.42 Å². The zero-order valence-corrected chi connectivity index (χ0v) is 10.5. The van der Waals surface area contributed by atoms with Gasteiger partial charge in [0.2, 0.25) is 0 Å². The molecule has 0 unspecified atom stereocenters. The van der Waals surface area contributed by atoms with E-state index < -0.39 is 9.84 Å². The summed E-state index contributed by atoms with van der Waals surface area (Å²) in [5.74, 6) is 0. The van der Waals surface area contributed by atoms with Gasteiger partial charge in [0.05, 0.1) is 5.25 Å². The standard InChI is InChI=1S/C11H13NO2S2/c12-8-9-6-7-11(15-9)16(13,14)10-4-2-1-3-5-10/h6-7,10H,1-5H2. The van der Waals surface area contributed by atoms with Crippen LogP contribution >= 0.6 is 11.3 Å². The largest absolute Gasteiger partial charge is 0.223 e. The van der Waals surface area contributed by atoms with E-state index in [0.29, 0.717) is 9.09 Å².